The van der Waals surface area contributed by atoms with Gasteiger partial charge in [-0.2, -0.15) is 0 Å². The first-order chi connectivity index (χ1) is 48.8. The van der Waals surface area contributed by atoms with Gasteiger partial charge < -0.3 is 9.13 Å². The third-order valence-electron chi connectivity index (χ3n) is 23.3. The summed E-state index contributed by atoms with van der Waals surface area (Å²) < 4.78 is 7.23. The highest BCUT2D eigenvalue weighted by Gasteiger charge is 2.38. The molecule has 18 aromatic rings. The van der Waals surface area contributed by atoms with E-state index >= 15 is 0 Å². The van der Waals surface area contributed by atoms with Crippen LogP contribution in [0, 0.1) is 0 Å². The van der Waals surface area contributed by atoms with Gasteiger partial charge in [0.05, 0.1) is 44.3 Å². The fourth-order valence-electron chi connectivity index (χ4n) is 18.2. The molecule has 0 saturated heterocycles. The number of hydrogen-bond donors (Lipinski definition) is 0. The molecule has 4 heterocycles. The van der Waals surface area contributed by atoms with Crippen molar-refractivity contribution in [3.8, 4) is 95.3 Å². The molecule has 472 valence electrons. The van der Waals surface area contributed by atoms with Gasteiger partial charge in [-0.05, 0) is 185 Å². The lowest BCUT2D eigenvalue weighted by Gasteiger charge is -2.22. The summed E-state index contributed by atoms with van der Waals surface area (Å²) in [7, 11) is 0. The first kappa shape index (κ1) is 56.9. The summed E-state index contributed by atoms with van der Waals surface area (Å²) in [6, 6.07) is 111. The van der Waals surface area contributed by atoms with E-state index in [1.807, 2.05) is 0 Å². The van der Waals surface area contributed by atoms with E-state index in [1.165, 1.54) is 116 Å². The predicted octanol–water partition coefficient (Wildman–Crippen LogP) is 24.5. The largest absolute Gasteiger partial charge is 0.309 e. The molecule has 5 heteroatoms. The lowest BCUT2D eigenvalue weighted by Crippen LogP contribution is -2.14. The van der Waals surface area contributed by atoms with Gasteiger partial charge in [-0.25, -0.2) is 9.97 Å². The molecule has 3 aliphatic carbocycles. The van der Waals surface area contributed by atoms with E-state index in [2.05, 4.69) is 352 Å². The molecular formula is C95H67N5. The smallest absolute Gasteiger partial charge is 0.235 e. The van der Waals surface area contributed by atoms with Crippen molar-refractivity contribution in [2.75, 3.05) is 0 Å². The Labute approximate surface area is 580 Å². The summed E-state index contributed by atoms with van der Waals surface area (Å²) in [4.78, 5) is 11.7. The van der Waals surface area contributed by atoms with Gasteiger partial charge in [0.25, 0.3) is 0 Å². The zero-order valence-corrected chi connectivity index (χ0v) is 56.5. The van der Waals surface area contributed by atoms with E-state index in [9.17, 15) is 0 Å². The monoisotopic (exact) mass is 1280 g/mol. The quantitative estimate of drug-likeness (QED) is 0.160. The lowest BCUT2D eigenvalue weighted by molar-refractivity contribution is 0.660. The molecule has 4 aromatic heterocycles. The minimum atomic E-state index is -0.134. The zero-order valence-electron chi connectivity index (χ0n) is 56.5. The Morgan fingerprint density at radius 3 is 1.02 bits per heavy atom. The van der Waals surface area contributed by atoms with Crippen LogP contribution in [0.5, 0.6) is 0 Å². The van der Waals surface area contributed by atoms with Gasteiger partial charge in [0.1, 0.15) is 0 Å². The van der Waals surface area contributed by atoms with Crippen LogP contribution in [0.1, 0.15) is 74.9 Å². The van der Waals surface area contributed by atoms with Gasteiger partial charge in [0.15, 0.2) is 0 Å². The van der Waals surface area contributed by atoms with E-state index in [4.69, 9.17) is 9.97 Å². The minimum absolute atomic E-state index is 0.117. The highest BCUT2D eigenvalue weighted by Crippen LogP contribution is 2.54. The highest BCUT2D eigenvalue weighted by atomic mass is 15.2. The number of hydrogen-bond acceptors (Lipinski definition) is 2. The molecule has 0 fully saturated rings. The van der Waals surface area contributed by atoms with E-state index in [0.29, 0.717) is 5.95 Å². The van der Waals surface area contributed by atoms with Crippen LogP contribution in [-0.2, 0) is 16.2 Å². The second-order valence-electron chi connectivity index (χ2n) is 29.7. The fraction of sp³-hybridized carbons (Fsp3) is 0.0947. The molecule has 0 amide bonds. The molecule has 0 radical (unpaired) electrons. The van der Waals surface area contributed by atoms with Gasteiger partial charge in [-0.15, -0.1) is 0 Å². The molecule has 100 heavy (non-hydrogen) atoms. The highest BCUT2D eigenvalue weighted by molar-refractivity contribution is 6.13. The summed E-state index contributed by atoms with van der Waals surface area (Å²) >= 11 is 0. The molecule has 14 aromatic carbocycles. The van der Waals surface area contributed by atoms with Crippen LogP contribution in [0.3, 0.4) is 0 Å². The van der Waals surface area contributed by atoms with Crippen molar-refractivity contribution in [1.29, 1.82) is 0 Å². The van der Waals surface area contributed by atoms with Crippen LogP contribution in [-0.4, -0.2) is 23.7 Å². The maximum Gasteiger partial charge on any atom is 0.235 e. The molecule has 0 unspecified atom stereocenters. The average molecular weight is 1280 g/mol. The predicted molar refractivity (Wildman–Crippen MR) is 417 cm³/mol. The normalized spacial score (nSPS) is 14.3. The van der Waals surface area contributed by atoms with Crippen molar-refractivity contribution in [2.45, 2.75) is 57.8 Å². The number of para-hydroxylation sites is 3. The van der Waals surface area contributed by atoms with Gasteiger partial charge in [0.2, 0.25) is 5.95 Å². The molecular weight excluding hydrogens is 1210 g/mol. The average Bonchev–Trinajstić information content (AvgIpc) is 1.56. The summed E-state index contributed by atoms with van der Waals surface area (Å²) in [6.45, 7) is 14.2. The number of benzene rings is 14. The third-order valence-corrected chi connectivity index (χ3v) is 23.3. The van der Waals surface area contributed by atoms with E-state index in [0.717, 1.165) is 83.0 Å². The summed E-state index contributed by atoms with van der Waals surface area (Å²) in [5.74, 6) is 0.610. The van der Waals surface area contributed by atoms with Crippen LogP contribution in [0.2, 0.25) is 0 Å². The van der Waals surface area contributed by atoms with Crippen molar-refractivity contribution >= 4 is 76.3 Å². The number of rotatable bonds is 7. The zero-order chi connectivity index (χ0) is 66.7. The van der Waals surface area contributed by atoms with E-state index < -0.39 is 0 Å². The maximum absolute atomic E-state index is 5.95. The van der Waals surface area contributed by atoms with Crippen LogP contribution < -0.4 is 0 Å². The van der Waals surface area contributed by atoms with Crippen molar-refractivity contribution < 1.29 is 0 Å². The van der Waals surface area contributed by atoms with E-state index in [-0.39, 0.29) is 16.2 Å². The van der Waals surface area contributed by atoms with Crippen LogP contribution in [0.25, 0.3) is 172 Å². The molecule has 0 aliphatic heterocycles. The van der Waals surface area contributed by atoms with Crippen LogP contribution in [0.4, 0.5) is 0 Å². The van der Waals surface area contributed by atoms with Crippen LogP contribution in [0.15, 0.2) is 297 Å². The number of fused-ring (bicyclic) bond motifs is 19. The maximum atomic E-state index is 5.95. The van der Waals surface area contributed by atoms with Crippen molar-refractivity contribution in [2.24, 2.45) is 0 Å². The first-order valence-electron chi connectivity index (χ1n) is 35.1. The van der Waals surface area contributed by atoms with Gasteiger partial charge in [0, 0.05) is 70.9 Å². The Morgan fingerprint density at radius 1 is 0.220 bits per heavy atom. The molecule has 3 aliphatic rings. The molecule has 0 N–H and O–H groups in total. The Bertz CT molecular complexity index is 6630. The molecule has 5 nitrogen and oxygen atoms in total. The topological polar surface area (TPSA) is 40.6 Å². The van der Waals surface area contributed by atoms with Gasteiger partial charge in [-0.1, -0.05) is 254 Å². The van der Waals surface area contributed by atoms with Crippen molar-refractivity contribution in [3.05, 3.63) is 331 Å². The van der Waals surface area contributed by atoms with Crippen LogP contribution >= 0.6 is 0 Å². The van der Waals surface area contributed by atoms with Crippen molar-refractivity contribution in [1.82, 2.24) is 23.7 Å². The first-order valence-corrected chi connectivity index (χ1v) is 35.1. The van der Waals surface area contributed by atoms with E-state index in [1.54, 1.807) is 0 Å². The summed E-state index contributed by atoms with van der Waals surface area (Å²) in [6.07, 6.45) is 0. The second kappa shape index (κ2) is 20.5. The third kappa shape index (κ3) is 7.94. The Balaban J connectivity index is 0.768. The standard InChI is InChI=1S/C95H67N5/c1-93(2)78-28-13-7-22-65(78)68-41-34-56(49-81(68)93)59-37-44-74-71-25-10-16-31-85(71)98(88(74)52-59)63-21-19-20-62(48-63)91-77-55-64(99-86-32-17-11-26-72(86)75-45-38-60(53-89(75)99)57-35-42-69-66-23-8-14-29-79(66)94(3,4)82(69)50-57)40-47-84(77)96-92(97-91)100-87-33-18-12-27-73(87)76-46-39-61(54-90(76)100)58-36-43-70-67-24-9-15-30-80(67)95(5,6)83(70)51-58/h7-55H,1-6H3. The fourth-order valence-corrected chi connectivity index (χ4v) is 18.2. The Kier molecular flexibility index (Phi) is 11.6. The van der Waals surface area contributed by atoms with Gasteiger partial charge in [-0.3, -0.25) is 4.57 Å². The Hall–Kier alpha value is -12.2. The Morgan fingerprint density at radius 2 is 0.570 bits per heavy atom. The summed E-state index contributed by atoms with van der Waals surface area (Å²) in [5, 5.41) is 8.07. The number of aromatic nitrogens is 5. The second-order valence-corrected chi connectivity index (χ2v) is 29.7. The molecule has 21 rings (SSSR count). The molecule has 0 atom stereocenters. The SMILES string of the molecule is CC1(C)c2ccccc2-c2ccc(-c3ccc4c5ccccc5n(-c5cccc(-c6nc(-n7c8ccccc8c8ccc(-c9ccc%10c(c9)C(C)(C)c9ccccc9-%10)cc87)nc7ccc(-n8c9ccccc9c9ccc(-c%10ccc%11c(c%10)C(C)(C)c%10ccccc%10-%11)cc98)cc67)c5)c4c3)cc21. The van der Waals surface area contributed by atoms with Crippen molar-refractivity contribution in [3.63, 3.8) is 0 Å². The van der Waals surface area contributed by atoms with Gasteiger partial charge >= 0.3 is 0 Å². The minimum Gasteiger partial charge on any atom is -0.309 e. The molecule has 0 saturated carbocycles. The molecule has 0 spiro atoms. The lowest BCUT2D eigenvalue weighted by atomic mass is 9.81. The number of nitrogens with zero attached hydrogens (tertiary/aromatic N) is 5. The summed E-state index contributed by atoms with van der Waals surface area (Å²) in [5.41, 5.74) is 34.3. The molecule has 0 bridgehead atoms.